The summed E-state index contributed by atoms with van der Waals surface area (Å²) >= 11 is 0. The lowest BCUT2D eigenvalue weighted by Gasteiger charge is -2.12. The fourth-order valence-corrected chi connectivity index (χ4v) is 1.71. The normalized spacial score (nSPS) is 14.9. The van der Waals surface area contributed by atoms with Crippen molar-refractivity contribution >= 4 is 23.6 Å². The molecule has 0 bridgehead atoms. The third-order valence-corrected chi connectivity index (χ3v) is 3.22. The Morgan fingerprint density at radius 3 is 2.33 bits per heavy atom. The topological polar surface area (TPSA) is 108 Å². The van der Waals surface area contributed by atoms with Gasteiger partial charge in [0, 0.05) is 16.8 Å². The number of carboxylic acids is 1. The Bertz CT molecular complexity index is 564. The highest BCUT2D eigenvalue weighted by atomic mass is 16.4. The summed E-state index contributed by atoms with van der Waals surface area (Å²) in [5.74, 6) is -1.58. The van der Waals surface area contributed by atoms with Crippen LogP contribution in [0.5, 0.6) is 0 Å². The van der Waals surface area contributed by atoms with Crippen LogP contribution in [0.1, 0.15) is 30.1 Å². The molecule has 3 amide bonds. The molecule has 0 atom stereocenters. The predicted octanol–water partition coefficient (Wildman–Crippen LogP) is 1.17. The quantitative estimate of drug-likeness (QED) is 0.653. The van der Waals surface area contributed by atoms with Gasteiger partial charge in [0.1, 0.15) is 6.54 Å². The highest BCUT2D eigenvalue weighted by Gasteiger charge is 2.38. The number of benzene rings is 1. The average molecular weight is 291 g/mol. The fraction of sp³-hybridized carbons (Fsp3) is 0.357. The molecule has 112 valence electrons. The van der Waals surface area contributed by atoms with Gasteiger partial charge in [-0.25, -0.2) is 4.79 Å². The lowest BCUT2D eigenvalue weighted by Crippen LogP contribution is -2.37. The van der Waals surface area contributed by atoms with Crippen LogP contribution in [-0.4, -0.2) is 35.1 Å². The van der Waals surface area contributed by atoms with Crippen LogP contribution in [0.25, 0.3) is 0 Å². The van der Waals surface area contributed by atoms with Gasteiger partial charge in [-0.05, 0) is 44.0 Å². The van der Waals surface area contributed by atoms with Gasteiger partial charge in [0.05, 0.1) is 0 Å². The largest absolute Gasteiger partial charge is 0.480 e. The average Bonchev–Trinajstić information content (AvgIpc) is 3.13. The van der Waals surface area contributed by atoms with E-state index in [2.05, 4.69) is 16.0 Å². The molecule has 0 heterocycles. The maximum absolute atomic E-state index is 11.7. The molecule has 0 radical (unpaired) electrons. The maximum Gasteiger partial charge on any atom is 0.322 e. The first-order valence-corrected chi connectivity index (χ1v) is 6.57. The van der Waals surface area contributed by atoms with E-state index in [1.165, 1.54) is 12.1 Å². The molecule has 1 aliphatic rings. The van der Waals surface area contributed by atoms with Gasteiger partial charge < -0.3 is 21.1 Å². The molecule has 0 aromatic heterocycles. The molecule has 0 spiro atoms. The van der Waals surface area contributed by atoms with Gasteiger partial charge in [-0.3, -0.25) is 9.59 Å². The summed E-state index contributed by atoms with van der Waals surface area (Å²) < 4.78 is 0. The Labute approximate surface area is 121 Å². The minimum atomic E-state index is -1.10. The first-order chi connectivity index (χ1) is 9.88. The number of carbonyl (C=O) groups excluding carboxylic acids is 2. The summed E-state index contributed by atoms with van der Waals surface area (Å²) in [4.78, 5) is 33.7. The van der Waals surface area contributed by atoms with Crippen molar-refractivity contribution in [3.05, 3.63) is 29.8 Å². The van der Waals surface area contributed by atoms with Crippen LogP contribution in [0, 0.1) is 0 Å². The molecule has 1 aromatic rings. The van der Waals surface area contributed by atoms with Gasteiger partial charge in [0.2, 0.25) is 0 Å². The van der Waals surface area contributed by atoms with E-state index in [1.54, 1.807) is 12.1 Å². The van der Waals surface area contributed by atoms with Crippen LogP contribution in [0.3, 0.4) is 0 Å². The van der Waals surface area contributed by atoms with Crippen molar-refractivity contribution in [3.8, 4) is 0 Å². The van der Waals surface area contributed by atoms with E-state index >= 15 is 0 Å². The van der Waals surface area contributed by atoms with Crippen molar-refractivity contribution in [3.63, 3.8) is 0 Å². The van der Waals surface area contributed by atoms with Gasteiger partial charge in [0.15, 0.2) is 0 Å². The van der Waals surface area contributed by atoms with Gasteiger partial charge >= 0.3 is 12.0 Å². The molecule has 7 heteroatoms. The van der Waals surface area contributed by atoms with Crippen molar-refractivity contribution in [1.82, 2.24) is 10.6 Å². The van der Waals surface area contributed by atoms with Crippen LogP contribution < -0.4 is 16.0 Å². The number of rotatable bonds is 5. The van der Waals surface area contributed by atoms with E-state index in [9.17, 15) is 14.4 Å². The second-order valence-electron chi connectivity index (χ2n) is 5.29. The van der Waals surface area contributed by atoms with Crippen LogP contribution >= 0.6 is 0 Å². The van der Waals surface area contributed by atoms with Crippen molar-refractivity contribution in [1.29, 1.82) is 0 Å². The van der Waals surface area contributed by atoms with Gasteiger partial charge in [-0.1, -0.05) is 0 Å². The zero-order valence-electron chi connectivity index (χ0n) is 11.6. The number of anilines is 1. The third-order valence-electron chi connectivity index (χ3n) is 3.22. The Hall–Kier alpha value is -2.57. The smallest absolute Gasteiger partial charge is 0.322 e. The van der Waals surface area contributed by atoms with Crippen LogP contribution in [-0.2, 0) is 4.79 Å². The highest BCUT2D eigenvalue weighted by molar-refractivity contribution is 5.96. The molecule has 0 saturated heterocycles. The van der Waals surface area contributed by atoms with Crippen molar-refractivity contribution in [2.45, 2.75) is 25.3 Å². The number of hydrogen-bond acceptors (Lipinski definition) is 3. The molecule has 7 nitrogen and oxygen atoms in total. The summed E-state index contributed by atoms with van der Waals surface area (Å²) in [5.41, 5.74) is 0.795. The molecule has 1 fully saturated rings. The Balaban J connectivity index is 1.87. The predicted molar refractivity (Wildman–Crippen MR) is 76.2 cm³/mol. The van der Waals surface area contributed by atoms with Crippen molar-refractivity contribution in [2.24, 2.45) is 0 Å². The number of aliphatic carboxylic acids is 1. The van der Waals surface area contributed by atoms with E-state index in [0.717, 1.165) is 12.8 Å². The number of carboxylic acid groups (broad SMARTS) is 1. The summed E-state index contributed by atoms with van der Waals surface area (Å²) in [6.45, 7) is 1.54. The number of urea groups is 1. The Morgan fingerprint density at radius 2 is 1.81 bits per heavy atom. The third kappa shape index (κ3) is 4.48. The standard InChI is InChI=1S/C14H17N3O4/c1-14(6-7-14)17-13(21)16-10-4-2-9(3-5-10)12(20)15-8-11(18)19/h2-5H,6-8H2,1H3,(H,15,20)(H,18,19)(H2,16,17,21). The number of carbonyl (C=O) groups is 3. The zero-order valence-corrected chi connectivity index (χ0v) is 11.6. The minimum absolute atomic E-state index is 0.0965. The second kappa shape index (κ2) is 5.82. The fourth-order valence-electron chi connectivity index (χ4n) is 1.71. The molecular formula is C14H17N3O4. The summed E-state index contributed by atoms with van der Waals surface area (Å²) in [6, 6.07) is 5.93. The van der Waals surface area contributed by atoms with Crippen molar-refractivity contribution in [2.75, 3.05) is 11.9 Å². The van der Waals surface area contributed by atoms with E-state index in [1.807, 2.05) is 6.92 Å². The monoisotopic (exact) mass is 291 g/mol. The van der Waals surface area contributed by atoms with Gasteiger partial charge in [0.25, 0.3) is 5.91 Å². The molecule has 2 rings (SSSR count). The maximum atomic E-state index is 11.7. The van der Waals surface area contributed by atoms with Crippen LogP contribution in [0.15, 0.2) is 24.3 Å². The molecule has 4 N–H and O–H groups in total. The van der Waals surface area contributed by atoms with E-state index in [-0.39, 0.29) is 11.6 Å². The lowest BCUT2D eigenvalue weighted by atomic mass is 10.2. The lowest BCUT2D eigenvalue weighted by molar-refractivity contribution is -0.135. The first-order valence-electron chi connectivity index (χ1n) is 6.57. The van der Waals surface area contributed by atoms with E-state index in [4.69, 9.17) is 5.11 Å². The molecule has 1 saturated carbocycles. The second-order valence-corrected chi connectivity index (χ2v) is 5.29. The molecule has 1 aliphatic carbocycles. The van der Waals surface area contributed by atoms with Gasteiger partial charge in [-0.15, -0.1) is 0 Å². The molecule has 21 heavy (non-hydrogen) atoms. The highest BCUT2D eigenvalue weighted by Crippen LogP contribution is 2.34. The zero-order chi connectivity index (χ0) is 15.5. The molecule has 1 aromatic carbocycles. The van der Waals surface area contributed by atoms with E-state index < -0.39 is 18.4 Å². The van der Waals surface area contributed by atoms with Crippen molar-refractivity contribution < 1.29 is 19.5 Å². The summed E-state index contributed by atoms with van der Waals surface area (Å²) in [6.07, 6.45) is 1.95. The molecule has 0 unspecified atom stereocenters. The molecule has 0 aliphatic heterocycles. The SMILES string of the molecule is CC1(NC(=O)Nc2ccc(C(=O)NCC(=O)O)cc2)CC1. The number of nitrogens with one attached hydrogen (secondary N) is 3. The Morgan fingerprint density at radius 1 is 1.19 bits per heavy atom. The molecular weight excluding hydrogens is 274 g/mol. The Kier molecular flexibility index (Phi) is 4.11. The summed E-state index contributed by atoms with van der Waals surface area (Å²) in [5, 5.41) is 16.3. The van der Waals surface area contributed by atoms with Crippen LogP contribution in [0.4, 0.5) is 10.5 Å². The number of amides is 3. The number of hydrogen-bond donors (Lipinski definition) is 4. The van der Waals surface area contributed by atoms with Gasteiger partial charge in [-0.2, -0.15) is 0 Å². The van der Waals surface area contributed by atoms with Crippen LogP contribution in [0.2, 0.25) is 0 Å². The summed E-state index contributed by atoms with van der Waals surface area (Å²) in [7, 11) is 0. The first kappa shape index (κ1) is 14.8. The van der Waals surface area contributed by atoms with E-state index in [0.29, 0.717) is 11.3 Å². The minimum Gasteiger partial charge on any atom is -0.480 e.